The molecule has 1 fully saturated rings. The van der Waals surface area contributed by atoms with E-state index in [0.29, 0.717) is 0 Å². The van der Waals surface area contributed by atoms with E-state index in [1.165, 1.54) is 11.3 Å². The fourth-order valence-corrected chi connectivity index (χ4v) is 2.84. The van der Waals surface area contributed by atoms with Gasteiger partial charge < -0.3 is 10.8 Å². The second kappa shape index (κ2) is 3.40. The molecule has 72 valence electrons. The molecule has 1 aromatic heterocycles. The summed E-state index contributed by atoms with van der Waals surface area (Å²) in [6, 6.07) is 4.11. The van der Waals surface area contributed by atoms with Crippen LogP contribution in [0.3, 0.4) is 0 Å². The zero-order valence-electron chi connectivity index (χ0n) is 7.57. The van der Waals surface area contributed by atoms with E-state index in [1.807, 2.05) is 11.4 Å². The predicted octanol–water partition coefficient (Wildman–Crippen LogP) is 1.91. The number of rotatable bonds is 3. The second-order valence-electron chi connectivity index (χ2n) is 3.87. The third-order valence-corrected chi connectivity index (χ3v) is 4.13. The molecule has 2 nitrogen and oxygen atoms in total. The first kappa shape index (κ1) is 9.19. The highest BCUT2D eigenvalue weighted by Gasteiger charge is 2.42. The van der Waals surface area contributed by atoms with Gasteiger partial charge in [-0.25, -0.2) is 0 Å². The molecule has 3 heteroatoms. The average molecular weight is 197 g/mol. The average Bonchev–Trinajstić information content (AvgIpc) is 2.54. The highest BCUT2D eigenvalue weighted by molar-refractivity contribution is 7.10. The first-order valence-electron chi connectivity index (χ1n) is 4.68. The Labute approximate surface area is 82.4 Å². The van der Waals surface area contributed by atoms with Gasteiger partial charge in [-0.2, -0.15) is 0 Å². The van der Waals surface area contributed by atoms with Crippen molar-refractivity contribution in [1.29, 1.82) is 0 Å². The Morgan fingerprint density at radius 2 is 2.38 bits per heavy atom. The van der Waals surface area contributed by atoms with Gasteiger partial charge in [-0.05, 0) is 24.3 Å². The van der Waals surface area contributed by atoms with Crippen LogP contribution in [-0.4, -0.2) is 11.7 Å². The standard InChI is InChI=1S/C10H15NOS/c11-9(8-3-1-6-13-8)10(7-12)4-2-5-10/h1,3,6,9,12H,2,4-5,7,11H2. The summed E-state index contributed by atoms with van der Waals surface area (Å²) in [7, 11) is 0. The summed E-state index contributed by atoms with van der Waals surface area (Å²) in [5.74, 6) is 0. The molecule has 3 N–H and O–H groups in total. The molecule has 1 aromatic rings. The van der Waals surface area contributed by atoms with Gasteiger partial charge in [0.2, 0.25) is 0 Å². The number of hydrogen-bond acceptors (Lipinski definition) is 3. The molecule has 1 unspecified atom stereocenters. The lowest BCUT2D eigenvalue weighted by Crippen LogP contribution is -2.43. The summed E-state index contributed by atoms with van der Waals surface area (Å²) < 4.78 is 0. The summed E-state index contributed by atoms with van der Waals surface area (Å²) in [6.45, 7) is 0.228. The highest BCUT2D eigenvalue weighted by atomic mass is 32.1. The van der Waals surface area contributed by atoms with Gasteiger partial charge in [-0.3, -0.25) is 0 Å². The van der Waals surface area contributed by atoms with Crippen molar-refractivity contribution in [2.45, 2.75) is 25.3 Å². The van der Waals surface area contributed by atoms with Gasteiger partial charge in [0.1, 0.15) is 0 Å². The molecule has 0 aromatic carbocycles. The smallest absolute Gasteiger partial charge is 0.0505 e. The molecule has 0 aliphatic heterocycles. The molecule has 1 atom stereocenters. The molecule has 0 bridgehead atoms. The van der Waals surface area contributed by atoms with Crippen molar-refractivity contribution in [3.63, 3.8) is 0 Å². The molecule has 0 spiro atoms. The van der Waals surface area contributed by atoms with Gasteiger partial charge in [-0.15, -0.1) is 11.3 Å². The molecule has 0 amide bonds. The van der Waals surface area contributed by atoms with Crippen LogP contribution in [0.5, 0.6) is 0 Å². The van der Waals surface area contributed by atoms with E-state index in [1.54, 1.807) is 11.3 Å². The first-order chi connectivity index (χ1) is 6.28. The molecular formula is C10H15NOS. The van der Waals surface area contributed by atoms with E-state index in [2.05, 4.69) is 6.07 Å². The Morgan fingerprint density at radius 3 is 2.77 bits per heavy atom. The maximum absolute atomic E-state index is 9.33. The van der Waals surface area contributed by atoms with Crippen LogP contribution in [0.15, 0.2) is 17.5 Å². The van der Waals surface area contributed by atoms with Gasteiger partial charge in [-0.1, -0.05) is 12.5 Å². The first-order valence-corrected chi connectivity index (χ1v) is 5.56. The lowest BCUT2D eigenvalue weighted by Gasteiger charge is -2.44. The van der Waals surface area contributed by atoms with Crippen LogP contribution in [-0.2, 0) is 0 Å². The molecule has 13 heavy (non-hydrogen) atoms. The van der Waals surface area contributed by atoms with Crippen LogP contribution in [0.25, 0.3) is 0 Å². The Bertz CT molecular complexity index is 261. The topological polar surface area (TPSA) is 46.2 Å². The van der Waals surface area contributed by atoms with Crippen LogP contribution < -0.4 is 5.73 Å². The maximum atomic E-state index is 9.33. The van der Waals surface area contributed by atoms with Gasteiger partial charge in [0, 0.05) is 16.3 Å². The monoisotopic (exact) mass is 197 g/mol. The Kier molecular flexibility index (Phi) is 2.41. The molecule has 1 aliphatic rings. The van der Waals surface area contributed by atoms with Crippen LogP contribution in [0.1, 0.15) is 30.2 Å². The number of aliphatic hydroxyl groups is 1. The SMILES string of the molecule is NC(c1cccs1)C1(CO)CCC1. The quantitative estimate of drug-likeness (QED) is 0.777. The summed E-state index contributed by atoms with van der Waals surface area (Å²) in [5, 5.41) is 11.4. The lowest BCUT2D eigenvalue weighted by atomic mass is 9.64. The highest BCUT2D eigenvalue weighted by Crippen LogP contribution is 2.49. The van der Waals surface area contributed by atoms with Crippen molar-refractivity contribution in [3.8, 4) is 0 Å². The van der Waals surface area contributed by atoms with E-state index in [4.69, 9.17) is 5.73 Å². The lowest BCUT2D eigenvalue weighted by molar-refractivity contribution is 0.0194. The van der Waals surface area contributed by atoms with Crippen molar-refractivity contribution in [2.24, 2.45) is 11.1 Å². The Balaban J connectivity index is 2.16. The third-order valence-electron chi connectivity index (χ3n) is 3.17. The van der Waals surface area contributed by atoms with E-state index < -0.39 is 0 Å². The van der Waals surface area contributed by atoms with Crippen LogP contribution in [0.4, 0.5) is 0 Å². The fraction of sp³-hybridized carbons (Fsp3) is 0.600. The van der Waals surface area contributed by atoms with Crippen LogP contribution in [0.2, 0.25) is 0 Å². The molecular weight excluding hydrogens is 182 g/mol. The number of hydrogen-bond donors (Lipinski definition) is 2. The maximum Gasteiger partial charge on any atom is 0.0505 e. The summed E-state index contributed by atoms with van der Waals surface area (Å²) in [6.07, 6.45) is 3.35. The van der Waals surface area contributed by atoms with Crippen molar-refractivity contribution >= 4 is 11.3 Å². The van der Waals surface area contributed by atoms with Crippen LogP contribution >= 0.6 is 11.3 Å². The van der Waals surface area contributed by atoms with E-state index >= 15 is 0 Å². The largest absolute Gasteiger partial charge is 0.396 e. The minimum absolute atomic E-state index is 0.00907. The number of nitrogens with two attached hydrogens (primary N) is 1. The zero-order valence-corrected chi connectivity index (χ0v) is 8.39. The van der Waals surface area contributed by atoms with E-state index in [9.17, 15) is 5.11 Å². The van der Waals surface area contributed by atoms with Crippen molar-refractivity contribution in [1.82, 2.24) is 0 Å². The summed E-state index contributed by atoms with van der Waals surface area (Å²) >= 11 is 1.69. The molecule has 0 saturated heterocycles. The predicted molar refractivity (Wildman–Crippen MR) is 54.6 cm³/mol. The third kappa shape index (κ3) is 1.41. The van der Waals surface area contributed by atoms with E-state index in [-0.39, 0.29) is 18.1 Å². The zero-order chi connectivity index (χ0) is 9.31. The Hall–Kier alpha value is -0.380. The summed E-state index contributed by atoms with van der Waals surface area (Å²) in [4.78, 5) is 1.20. The number of aliphatic hydroxyl groups excluding tert-OH is 1. The normalized spacial score (nSPS) is 22.3. The molecule has 1 heterocycles. The minimum Gasteiger partial charge on any atom is -0.396 e. The number of thiophene rings is 1. The van der Waals surface area contributed by atoms with Gasteiger partial charge >= 0.3 is 0 Å². The van der Waals surface area contributed by atoms with Crippen molar-refractivity contribution in [3.05, 3.63) is 22.4 Å². The van der Waals surface area contributed by atoms with Crippen molar-refractivity contribution in [2.75, 3.05) is 6.61 Å². The van der Waals surface area contributed by atoms with E-state index in [0.717, 1.165) is 12.8 Å². The molecule has 0 radical (unpaired) electrons. The summed E-state index contributed by atoms with van der Waals surface area (Å²) in [5.41, 5.74) is 6.13. The minimum atomic E-state index is -0.00907. The van der Waals surface area contributed by atoms with Gasteiger partial charge in [0.15, 0.2) is 0 Å². The Morgan fingerprint density at radius 1 is 1.62 bits per heavy atom. The van der Waals surface area contributed by atoms with Crippen molar-refractivity contribution < 1.29 is 5.11 Å². The second-order valence-corrected chi connectivity index (χ2v) is 4.85. The van der Waals surface area contributed by atoms with Crippen LogP contribution in [0, 0.1) is 5.41 Å². The molecule has 1 aliphatic carbocycles. The van der Waals surface area contributed by atoms with Gasteiger partial charge in [0.05, 0.1) is 6.61 Å². The molecule has 1 saturated carbocycles. The molecule has 2 rings (SSSR count). The fourth-order valence-electron chi connectivity index (χ4n) is 1.97. The van der Waals surface area contributed by atoms with Gasteiger partial charge in [0.25, 0.3) is 0 Å².